The molecular formula is C20H14F3N5O3. The summed E-state index contributed by atoms with van der Waals surface area (Å²) in [5.74, 6) is -3.11. The van der Waals surface area contributed by atoms with Gasteiger partial charge in [-0.1, -0.05) is 0 Å². The number of aromatic amines is 1. The van der Waals surface area contributed by atoms with Gasteiger partial charge in [-0.3, -0.25) is 9.20 Å². The Bertz CT molecular complexity index is 1400. The van der Waals surface area contributed by atoms with Crippen molar-refractivity contribution in [3.05, 3.63) is 81.0 Å². The van der Waals surface area contributed by atoms with Gasteiger partial charge in [-0.25, -0.2) is 28.5 Å². The van der Waals surface area contributed by atoms with Crippen LogP contribution in [0.1, 0.15) is 27.3 Å². The number of carbonyl (C=O) groups is 1. The second-order valence-corrected chi connectivity index (χ2v) is 6.68. The highest BCUT2D eigenvalue weighted by Crippen LogP contribution is 2.23. The quantitative estimate of drug-likeness (QED) is 0.501. The Morgan fingerprint density at radius 3 is 2.61 bits per heavy atom. The van der Waals surface area contributed by atoms with E-state index < -0.39 is 29.0 Å². The van der Waals surface area contributed by atoms with Crippen molar-refractivity contribution in [2.45, 2.75) is 13.3 Å². The van der Waals surface area contributed by atoms with E-state index in [4.69, 9.17) is 4.74 Å². The van der Waals surface area contributed by atoms with E-state index in [9.17, 15) is 22.8 Å². The molecular weight excluding hydrogens is 415 g/mol. The Kier molecular flexibility index (Phi) is 5.01. The number of fused-ring (bicyclic) bond motifs is 1. The summed E-state index contributed by atoms with van der Waals surface area (Å²) in [6.45, 7) is 1.44. The third-order valence-electron chi connectivity index (χ3n) is 4.64. The predicted molar refractivity (Wildman–Crippen MR) is 102 cm³/mol. The molecule has 8 nitrogen and oxygen atoms in total. The number of imidazole rings is 1. The van der Waals surface area contributed by atoms with Crippen LogP contribution in [-0.4, -0.2) is 37.4 Å². The lowest BCUT2D eigenvalue weighted by molar-refractivity contribution is 0.0593. The average molecular weight is 429 g/mol. The molecule has 0 saturated heterocycles. The second kappa shape index (κ2) is 7.67. The Balaban J connectivity index is 1.94. The fraction of sp³-hybridized carbons (Fsp3) is 0.150. The minimum absolute atomic E-state index is 0.0119. The fourth-order valence-electron chi connectivity index (χ4n) is 3.05. The molecule has 4 rings (SSSR count). The van der Waals surface area contributed by atoms with E-state index in [1.165, 1.54) is 30.8 Å². The molecule has 0 atom stereocenters. The van der Waals surface area contributed by atoms with Gasteiger partial charge in [-0.15, -0.1) is 0 Å². The highest BCUT2D eigenvalue weighted by molar-refractivity contribution is 5.88. The van der Waals surface area contributed by atoms with Gasteiger partial charge in [-0.2, -0.15) is 4.39 Å². The number of hydrogen-bond acceptors (Lipinski definition) is 6. The molecule has 1 N–H and O–H groups in total. The summed E-state index contributed by atoms with van der Waals surface area (Å²) >= 11 is 0. The van der Waals surface area contributed by atoms with Gasteiger partial charge in [-0.05, 0) is 30.2 Å². The van der Waals surface area contributed by atoms with Gasteiger partial charge in [0.1, 0.15) is 17.3 Å². The molecule has 1 aromatic carbocycles. The van der Waals surface area contributed by atoms with Crippen LogP contribution in [0.2, 0.25) is 0 Å². The first-order valence-corrected chi connectivity index (χ1v) is 8.93. The van der Waals surface area contributed by atoms with Crippen molar-refractivity contribution < 1.29 is 22.7 Å². The maximum Gasteiger partial charge on any atom is 0.356 e. The summed E-state index contributed by atoms with van der Waals surface area (Å²) in [6.07, 6.45) is 3.14. The van der Waals surface area contributed by atoms with Crippen LogP contribution in [-0.2, 0) is 11.2 Å². The maximum atomic E-state index is 14.4. The molecule has 0 aliphatic carbocycles. The number of esters is 1. The average Bonchev–Trinajstić information content (AvgIpc) is 3.17. The zero-order valence-electron chi connectivity index (χ0n) is 16.2. The SMILES string of the molecule is COC(=O)c1cnc2c(Cc3cc(F)c(C)cc3F)nc(-c3ncc(F)c(=O)[nH]3)cn12. The first-order chi connectivity index (χ1) is 14.8. The summed E-state index contributed by atoms with van der Waals surface area (Å²) in [4.78, 5) is 38.3. The van der Waals surface area contributed by atoms with Crippen LogP contribution >= 0.6 is 0 Å². The van der Waals surface area contributed by atoms with Crippen LogP contribution in [0.25, 0.3) is 17.2 Å². The minimum Gasteiger partial charge on any atom is -0.464 e. The Morgan fingerprint density at radius 2 is 1.90 bits per heavy atom. The van der Waals surface area contributed by atoms with Gasteiger partial charge < -0.3 is 9.72 Å². The van der Waals surface area contributed by atoms with Crippen LogP contribution in [0.5, 0.6) is 0 Å². The van der Waals surface area contributed by atoms with Crippen molar-refractivity contribution in [1.29, 1.82) is 0 Å². The highest BCUT2D eigenvalue weighted by Gasteiger charge is 2.20. The van der Waals surface area contributed by atoms with Crippen LogP contribution in [0.4, 0.5) is 13.2 Å². The molecule has 0 fully saturated rings. The van der Waals surface area contributed by atoms with Crippen molar-refractivity contribution in [1.82, 2.24) is 24.3 Å². The molecule has 3 heterocycles. The van der Waals surface area contributed by atoms with Crippen LogP contribution in [0, 0.1) is 24.4 Å². The molecule has 0 radical (unpaired) electrons. The normalized spacial score (nSPS) is 11.1. The lowest BCUT2D eigenvalue weighted by atomic mass is 10.1. The molecule has 0 bridgehead atoms. The van der Waals surface area contributed by atoms with Gasteiger partial charge in [0.15, 0.2) is 17.2 Å². The standard InChI is InChI=1S/C20H14F3N5O3/c1-9-3-12(22)10(4-11(9)21)5-14-18-25-7-16(20(30)31-2)28(18)8-15(26-14)17-24-6-13(23)19(29)27-17/h3-4,6-8H,5H2,1-2H3,(H,24,27,29). The van der Waals surface area contributed by atoms with Gasteiger partial charge in [0.05, 0.1) is 25.2 Å². The van der Waals surface area contributed by atoms with Crippen molar-refractivity contribution in [2.75, 3.05) is 7.11 Å². The van der Waals surface area contributed by atoms with Crippen LogP contribution in [0.3, 0.4) is 0 Å². The summed E-state index contributed by atoms with van der Waals surface area (Å²) < 4.78 is 47.8. The third-order valence-corrected chi connectivity index (χ3v) is 4.64. The molecule has 4 aromatic rings. The molecule has 0 amide bonds. The lowest BCUT2D eigenvalue weighted by Crippen LogP contribution is -2.14. The van der Waals surface area contributed by atoms with E-state index in [1.54, 1.807) is 0 Å². The van der Waals surface area contributed by atoms with Crippen molar-refractivity contribution >= 4 is 11.6 Å². The first kappa shape index (κ1) is 20.3. The van der Waals surface area contributed by atoms with E-state index >= 15 is 0 Å². The highest BCUT2D eigenvalue weighted by atomic mass is 19.1. The number of methoxy groups -OCH3 is 1. The number of nitrogens with one attached hydrogen (secondary N) is 1. The summed E-state index contributed by atoms with van der Waals surface area (Å²) in [6, 6.07) is 2.12. The molecule has 158 valence electrons. The van der Waals surface area contributed by atoms with Gasteiger partial charge in [0.2, 0.25) is 5.82 Å². The first-order valence-electron chi connectivity index (χ1n) is 8.93. The topological polar surface area (TPSA) is 102 Å². The molecule has 0 aliphatic rings. The van der Waals surface area contributed by atoms with Crippen molar-refractivity contribution in [3.8, 4) is 11.5 Å². The van der Waals surface area contributed by atoms with Gasteiger partial charge >= 0.3 is 5.97 Å². The molecule has 3 aromatic heterocycles. The maximum absolute atomic E-state index is 14.4. The van der Waals surface area contributed by atoms with E-state index in [1.807, 2.05) is 0 Å². The summed E-state index contributed by atoms with van der Waals surface area (Å²) in [5.41, 5.74) is -0.416. The van der Waals surface area contributed by atoms with Crippen LogP contribution in [0.15, 0.2) is 35.5 Å². The van der Waals surface area contributed by atoms with Crippen molar-refractivity contribution in [2.24, 2.45) is 0 Å². The van der Waals surface area contributed by atoms with Gasteiger partial charge in [0, 0.05) is 12.6 Å². The number of aryl methyl sites for hydroxylation is 1. The lowest BCUT2D eigenvalue weighted by Gasteiger charge is -2.10. The number of nitrogens with zero attached hydrogens (tertiary/aromatic N) is 4. The number of aromatic nitrogens is 5. The minimum atomic E-state index is -1.08. The van der Waals surface area contributed by atoms with Gasteiger partial charge in [0.25, 0.3) is 5.56 Å². The molecule has 11 heteroatoms. The molecule has 0 aliphatic heterocycles. The van der Waals surface area contributed by atoms with Crippen LogP contribution < -0.4 is 5.56 Å². The largest absolute Gasteiger partial charge is 0.464 e. The third kappa shape index (κ3) is 3.65. The summed E-state index contributed by atoms with van der Waals surface area (Å²) in [7, 11) is 1.19. The fourth-order valence-corrected chi connectivity index (χ4v) is 3.05. The zero-order valence-corrected chi connectivity index (χ0v) is 16.2. The van der Waals surface area contributed by atoms with E-state index in [0.717, 1.165) is 18.3 Å². The Labute approximate surface area is 172 Å². The van der Waals surface area contributed by atoms with E-state index in [0.29, 0.717) is 0 Å². The molecule has 0 unspecified atom stereocenters. The second-order valence-electron chi connectivity index (χ2n) is 6.68. The number of carbonyl (C=O) groups excluding carboxylic acids is 1. The number of benzene rings is 1. The Morgan fingerprint density at radius 1 is 1.13 bits per heavy atom. The van der Waals surface area contributed by atoms with E-state index in [2.05, 4.69) is 19.9 Å². The van der Waals surface area contributed by atoms with Crippen molar-refractivity contribution in [3.63, 3.8) is 0 Å². The number of hydrogen-bond donors (Lipinski definition) is 1. The monoisotopic (exact) mass is 429 g/mol. The number of halogens is 3. The molecule has 0 saturated carbocycles. The number of rotatable bonds is 4. The van der Waals surface area contributed by atoms with E-state index in [-0.39, 0.29) is 46.1 Å². The zero-order chi connectivity index (χ0) is 22.3. The molecule has 31 heavy (non-hydrogen) atoms. The summed E-state index contributed by atoms with van der Waals surface area (Å²) in [5, 5.41) is 0. The number of ether oxygens (including phenoxy) is 1. The smallest absolute Gasteiger partial charge is 0.356 e. The molecule has 0 spiro atoms. The number of H-pyrrole nitrogens is 1. The Hall–Kier alpha value is -4.02. The predicted octanol–water partition coefficient (Wildman–Crippen LogP) is 2.58.